The maximum absolute atomic E-state index is 15.2. The summed E-state index contributed by atoms with van der Waals surface area (Å²) in [6.45, 7) is 1.28. The molecule has 0 spiro atoms. The molecule has 0 saturated carbocycles. The molecule has 0 amide bonds. The average molecular weight is 459 g/mol. The molecule has 34 heavy (non-hydrogen) atoms. The quantitative estimate of drug-likeness (QED) is 0.457. The van der Waals surface area contributed by atoms with E-state index in [2.05, 4.69) is 4.98 Å². The zero-order valence-electron chi connectivity index (χ0n) is 18.1. The van der Waals surface area contributed by atoms with Crippen LogP contribution in [0.3, 0.4) is 0 Å². The lowest BCUT2D eigenvalue weighted by molar-refractivity contribution is 0.496. The summed E-state index contributed by atoms with van der Waals surface area (Å²) in [7, 11) is 0. The molecular formula is C26H20F3N5. The highest BCUT2D eigenvalue weighted by atomic mass is 19.1. The van der Waals surface area contributed by atoms with Crippen LogP contribution in [0.1, 0.15) is 18.4 Å². The highest BCUT2D eigenvalue weighted by Gasteiger charge is 2.22. The van der Waals surface area contributed by atoms with Crippen LogP contribution in [0, 0.1) is 28.8 Å². The lowest BCUT2D eigenvalue weighted by atomic mass is 9.98. The molecule has 5 nitrogen and oxygen atoms in total. The highest BCUT2D eigenvalue weighted by Crippen LogP contribution is 2.35. The van der Waals surface area contributed by atoms with E-state index in [-0.39, 0.29) is 22.7 Å². The van der Waals surface area contributed by atoms with E-state index in [1.165, 1.54) is 42.5 Å². The third-order valence-electron chi connectivity index (χ3n) is 6.12. The van der Waals surface area contributed by atoms with Crippen molar-refractivity contribution >= 4 is 16.9 Å². The van der Waals surface area contributed by atoms with Gasteiger partial charge >= 0.3 is 0 Å². The van der Waals surface area contributed by atoms with Crippen LogP contribution in [0.2, 0.25) is 0 Å². The summed E-state index contributed by atoms with van der Waals surface area (Å²) in [5, 5.41) is 9.54. The molecule has 0 unspecified atom stereocenters. The first-order valence-electron chi connectivity index (χ1n) is 10.9. The second-order valence-corrected chi connectivity index (χ2v) is 8.33. The zero-order chi connectivity index (χ0) is 23.8. The minimum Gasteiger partial charge on any atom is -0.341 e. The molecule has 3 aromatic carbocycles. The standard InChI is InChI=1S/C26H20F3N5/c27-21-4-2-1-3-18(21)19-12-20-24(13-23(19)29)32-26(34-9-7-17(31)8-10-34)33-25(20)15-5-6-16(14-30)22(28)11-15/h1-6,11-13,17H,7-10,31H2. The molecule has 1 fully saturated rings. The van der Waals surface area contributed by atoms with E-state index in [4.69, 9.17) is 16.0 Å². The molecule has 1 aromatic heterocycles. The van der Waals surface area contributed by atoms with Crippen LogP contribution in [0.15, 0.2) is 54.6 Å². The Kier molecular flexibility index (Phi) is 5.64. The number of nitrogens with zero attached hydrogens (tertiary/aromatic N) is 4. The number of piperidine rings is 1. The van der Waals surface area contributed by atoms with Gasteiger partial charge in [-0.3, -0.25) is 0 Å². The number of rotatable bonds is 3. The molecule has 8 heteroatoms. The maximum Gasteiger partial charge on any atom is 0.226 e. The first-order valence-corrected chi connectivity index (χ1v) is 10.9. The topological polar surface area (TPSA) is 78.8 Å². The van der Waals surface area contributed by atoms with Gasteiger partial charge in [0.2, 0.25) is 5.95 Å². The first kappa shape index (κ1) is 21.9. The fourth-order valence-corrected chi connectivity index (χ4v) is 4.24. The predicted molar refractivity (Wildman–Crippen MR) is 124 cm³/mol. The van der Waals surface area contributed by atoms with Crippen molar-refractivity contribution in [1.29, 1.82) is 5.26 Å². The van der Waals surface area contributed by atoms with Gasteiger partial charge in [0.15, 0.2) is 0 Å². The lowest BCUT2D eigenvalue weighted by Gasteiger charge is -2.30. The van der Waals surface area contributed by atoms with E-state index in [9.17, 15) is 8.78 Å². The molecular weight excluding hydrogens is 439 g/mol. The maximum atomic E-state index is 15.2. The molecule has 4 aromatic rings. The SMILES string of the molecule is N#Cc1ccc(-c2nc(N3CCC(N)CC3)nc3cc(F)c(-c4ccccc4F)cc23)cc1F. The van der Waals surface area contributed by atoms with Crippen molar-refractivity contribution in [1.82, 2.24) is 9.97 Å². The van der Waals surface area contributed by atoms with Gasteiger partial charge in [0, 0.05) is 47.3 Å². The highest BCUT2D eigenvalue weighted by molar-refractivity contribution is 5.96. The van der Waals surface area contributed by atoms with Crippen LogP contribution in [0.5, 0.6) is 0 Å². The van der Waals surface area contributed by atoms with Crippen LogP contribution >= 0.6 is 0 Å². The number of benzene rings is 3. The van der Waals surface area contributed by atoms with Crippen LogP contribution < -0.4 is 10.6 Å². The molecule has 0 bridgehead atoms. The Balaban J connectivity index is 1.74. The summed E-state index contributed by atoms with van der Waals surface area (Å²) in [6, 6.07) is 14.7. The van der Waals surface area contributed by atoms with Crippen molar-refractivity contribution in [2.75, 3.05) is 18.0 Å². The Morgan fingerprint density at radius 2 is 1.65 bits per heavy atom. The zero-order valence-corrected chi connectivity index (χ0v) is 18.1. The fourth-order valence-electron chi connectivity index (χ4n) is 4.24. The van der Waals surface area contributed by atoms with Gasteiger partial charge in [-0.2, -0.15) is 5.26 Å². The third kappa shape index (κ3) is 3.95. The molecule has 1 saturated heterocycles. The first-order chi connectivity index (χ1) is 16.4. The Bertz CT molecular complexity index is 1440. The van der Waals surface area contributed by atoms with E-state index in [0.29, 0.717) is 41.2 Å². The number of nitriles is 1. The second-order valence-electron chi connectivity index (χ2n) is 8.33. The van der Waals surface area contributed by atoms with Gasteiger partial charge in [-0.05, 0) is 37.1 Å². The van der Waals surface area contributed by atoms with Crippen molar-refractivity contribution in [3.05, 3.63) is 77.6 Å². The number of anilines is 1. The number of hydrogen-bond donors (Lipinski definition) is 1. The molecule has 2 N–H and O–H groups in total. The van der Waals surface area contributed by atoms with Gasteiger partial charge in [0.25, 0.3) is 0 Å². The molecule has 1 aliphatic rings. The summed E-state index contributed by atoms with van der Waals surface area (Å²) in [6.07, 6.45) is 1.53. The minimum atomic E-state index is -0.686. The van der Waals surface area contributed by atoms with Crippen LogP contribution in [0.25, 0.3) is 33.3 Å². The molecule has 2 heterocycles. The Morgan fingerprint density at radius 3 is 2.35 bits per heavy atom. The Morgan fingerprint density at radius 1 is 0.882 bits per heavy atom. The van der Waals surface area contributed by atoms with Crippen molar-refractivity contribution < 1.29 is 13.2 Å². The van der Waals surface area contributed by atoms with E-state index in [0.717, 1.165) is 12.8 Å². The largest absolute Gasteiger partial charge is 0.341 e. The molecule has 0 aliphatic carbocycles. The fraction of sp³-hybridized carbons (Fsp3) is 0.192. The van der Waals surface area contributed by atoms with Crippen LogP contribution in [0.4, 0.5) is 19.1 Å². The van der Waals surface area contributed by atoms with Gasteiger partial charge in [-0.25, -0.2) is 23.1 Å². The summed E-state index contributed by atoms with van der Waals surface area (Å²) in [4.78, 5) is 11.3. The second kappa shape index (κ2) is 8.76. The minimum absolute atomic E-state index is 0.0567. The van der Waals surface area contributed by atoms with Gasteiger partial charge in [0.1, 0.15) is 23.5 Å². The van der Waals surface area contributed by atoms with Gasteiger partial charge < -0.3 is 10.6 Å². The normalized spacial score (nSPS) is 14.4. The van der Waals surface area contributed by atoms with E-state index in [1.54, 1.807) is 18.2 Å². The van der Waals surface area contributed by atoms with Crippen LogP contribution in [-0.2, 0) is 0 Å². The van der Waals surface area contributed by atoms with E-state index in [1.807, 2.05) is 4.90 Å². The Hall–Kier alpha value is -3.96. The number of aromatic nitrogens is 2. The van der Waals surface area contributed by atoms with Crippen molar-refractivity contribution in [3.8, 4) is 28.5 Å². The van der Waals surface area contributed by atoms with Gasteiger partial charge in [-0.15, -0.1) is 0 Å². The number of hydrogen-bond acceptors (Lipinski definition) is 5. The summed E-state index contributed by atoms with van der Waals surface area (Å²) < 4.78 is 44.1. The average Bonchev–Trinajstić information content (AvgIpc) is 2.84. The molecule has 0 radical (unpaired) electrons. The lowest BCUT2D eigenvalue weighted by Crippen LogP contribution is -2.40. The molecule has 170 valence electrons. The smallest absolute Gasteiger partial charge is 0.226 e. The molecule has 0 atom stereocenters. The van der Waals surface area contributed by atoms with Crippen LogP contribution in [-0.4, -0.2) is 29.1 Å². The summed E-state index contributed by atoms with van der Waals surface area (Å²) in [5.74, 6) is -1.49. The molecule has 5 rings (SSSR count). The van der Waals surface area contributed by atoms with Gasteiger partial charge in [-0.1, -0.05) is 24.3 Å². The monoisotopic (exact) mass is 459 g/mol. The third-order valence-corrected chi connectivity index (χ3v) is 6.12. The number of fused-ring (bicyclic) bond motifs is 1. The molecule has 1 aliphatic heterocycles. The number of halogens is 3. The number of nitrogens with two attached hydrogens (primary N) is 1. The van der Waals surface area contributed by atoms with E-state index >= 15 is 4.39 Å². The van der Waals surface area contributed by atoms with E-state index < -0.39 is 17.5 Å². The Labute approximate surface area is 194 Å². The van der Waals surface area contributed by atoms with Crippen molar-refractivity contribution in [2.45, 2.75) is 18.9 Å². The van der Waals surface area contributed by atoms with Crippen molar-refractivity contribution in [3.63, 3.8) is 0 Å². The van der Waals surface area contributed by atoms with Gasteiger partial charge in [0.05, 0.1) is 16.8 Å². The summed E-state index contributed by atoms with van der Waals surface area (Å²) in [5.41, 5.74) is 7.18. The predicted octanol–water partition coefficient (Wildman–Crippen LogP) is 5.18. The van der Waals surface area contributed by atoms with Crippen molar-refractivity contribution in [2.24, 2.45) is 5.73 Å². The summed E-state index contributed by atoms with van der Waals surface area (Å²) >= 11 is 0.